The molecule has 1 fully saturated rings. The summed E-state index contributed by atoms with van der Waals surface area (Å²) in [5, 5.41) is 7.99. The average Bonchev–Trinajstić information content (AvgIpc) is 2.55. The Labute approximate surface area is 129 Å². The first kappa shape index (κ1) is 14.7. The molecule has 0 aliphatic carbocycles. The Morgan fingerprint density at radius 1 is 1.00 bits per heavy atom. The van der Waals surface area contributed by atoms with Crippen molar-refractivity contribution in [1.29, 1.82) is 0 Å². The first-order valence-electron chi connectivity index (χ1n) is 6.98. The number of pyridine rings is 1. The van der Waals surface area contributed by atoms with Gasteiger partial charge in [0.2, 0.25) is 0 Å². The van der Waals surface area contributed by atoms with E-state index in [0.717, 1.165) is 18.9 Å². The highest BCUT2D eigenvalue weighted by atomic mass is 32.2. The largest absolute Gasteiger partial charge is 0.352 e. The summed E-state index contributed by atoms with van der Waals surface area (Å²) in [4.78, 5) is 8.68. The summed E-state index contributed by atoms with van der Waals surface area (Å²) in [6, 6.07) is 7.03. The maximum absolute atomic E-state index is 11.9. The minimum Gasteiger partial charge on any atom is -0.352 e. The predicted molar refractivity (Wildman–Crippen MR) is 83.8 cm³/mol. The Kier molecular flexibility index (Phi) is 3.93. The lowest BCUT2D eigenvalue weighted by molar-refractivity contribution is 0.597. The standard InChI is InChI=1S/C14H17N5O2S/c1-22(20,21)12-4-2-6-15-14(12)19-10-8-18(9-11-19)13-5-3-7-16-17-13/h2-7H,8-11H2,1H3. The van der Waals surface area contributed by atoms with E-state index in [-0.39, 0.29) is 4.90 Å². The molecular weight excluding hydrogens is 302 g/mol. The van der Waals surface area contributed by atoms with Crippen molar-refractivity contribution in [2.24, 2.45) is 0 Å². The molecular formula is C14H17N5O2S. The summed E-state index contributed by atoms with van der Waals surface area (Å²) in [5.74, 6) is 1.37. The maximum atomic E-state index is 11.9. The molecule has 2 aromatic rings. The zero-order valence-corrected chi connectivity index (χ0v) is 13.1. The Balaban J connectivity index is 1.78. The SMILES string of the molecule is CS(=O)(=O)c1cccnc1N1CCN(c2cccnn2)CC1. The third kappa shape index (κ3) is 3.01. The topological polar surface area (TPSA) is 79.3 Å². The highest BCUT2D eigenvalue weighted by molar-refractivity contribution is 7.90. The van der Waals surface area contributed by atoms with Crippen LogP contribution in [0.2, 0.25) is 0 Å². The normalized spacial score (nSPS) is 15.9. The van der Waals surface area contributed by atoms with Crippen LogP contribution in [-0.4, -0.2) is 56.0 Å². The second-order valence-electron chi connectivity index (χ2n) is 5.15. The molecule has 1 aliphatic rings. The molecule has 8 heteroatoms. The van der Waals surface area contributed by atoms with Gasteiger partial charge in [-0.25, -0.2) is 13.4 Å². The quantitative estimate of drug-likeness (QED) is 0.819. The lowest BCUT2D eigenvalue weighted by atomic mass is 10.3. The summed E-state index contributed by atoms with van der Waals surface area (Å²) >= 11 is 0. The number of aromatic nitrogens is 3. The van der Waals surface area contributed by atoms with Gasteiger partial charge in [0.15, 0.2) is 15.7 Å². The summed E-state index contributed by atoms with van der Waals surface area (Å²) in [6.45, 7) is 2.88. The molecule has 0 amide bonds. The molecule has 0 saturated carbocycles. The molecule has 0 radical (unpaired) electrons. The number of rotatable bonds is 3. The van der Waals surface area contributed by atoms with Crippen molar-refractivity contribution in [2.45, 2.75) is 4.90 Å². The van der Waals surface area contributed by atoms with Gasteiger partial charge in [0.25, 0.3) is 0 Å². The molecule has 22 heavy (non-hydrogen) atoms. The number of piperazine rings is 1. The third-order valence-electron chi connectivity index (χ3n) is 3.61. The predicted octanol–water partition coefficient (Wildman–Crippen LogP) is 0.602. The zero-order valence-electron chi connectivity index (χ0n) is 12.3. The van der Waals surface area contributed by atoms with E-state index in [1.165, 1.54) is 6.26 Å². The number of anilines is 2. The summed E-state index contributed by atoms with van der Waals surface area (Å²) in [5.41, 5.74) is 0. The minimum atomic E-state index is -3.29. The van der Waals surface area contributed by atoms with Gasteiger partial charge >= 0.3 is 0 Å². The average molecular weight is 319 g/mol. The van der Waals surface area contributed by atoms with Gasteiger partial charge in [-0.2, -0.15) is 5.10 Å². The van der Waals surface area contributed by atoms with Crippen LogP contribution < -0.4 is 9.80 Å². The summed E-state index contributed by atoms with van der Waals surface area (Å²) in [6.07, 6.45) is 4.48. The van der Waals surface area contributed by atoms with Gasteiger partial charge in [-0.05, 0) is 24.3 Å². The molecule has 3 rings (SSSR count). The van der Waals surface area contributed by atoms with Gasteiger partial charge < -0.3 is 9.80 Å². The van der Waals surface area contributed by atoms with Crippen molar-refractivity contribution >= 4 is 21.5 Å². The molecule has 0 spiro atoms. The highest BCUT2D eigenvalue weighted by Crippen LogP contribution is 2.24. The van der Waals surface area contributed by atoms with Gasteiger partial charge in [0.05, 0.1) is 0 Å². The Hall–Kier alpha value is -2.22. The van der Waals surface area contributed by atoms with E-state index in [0.29, 0.717) is 18.9 Å². The third-order valence-corrected chi connectivity index (χ3v) is 4.73. The van der Waals surface area contributed by atoms with Crippen LogP contribution in [0.3, 0.4) is 0 Å². The molecule has 3 heterocycles. The molecule has 0 aromatic carbocycles. The number of sulfone groups is 1. The summed E-state index contributed by atoms with van der Waals surface area (Å²) < 4.78 is 23.8. The first-order valence-corrected chi connectivity index (χ1v) is 8.87. The van der Waals surface area contributed by atoms with Crippen LogP contribution >= 0.6 is 0 Å². The fourth-order valence-electron chi connectivity index (χ4n) is 2.52. The Bertz CT molecular complexity index is 743. The van der Waals surface area contributed by atoms with Crippen LogP contribution in [0.5, 0.6) is 0 Å². The van der Waals surface area contributed by atoms with Crippen LogP contribution in [0.15, 0.2) is 41.6 Å². The molecule has 1 saturated heterocycles. The fraction of sp³-hybridized carbons (Fsp3) is 0.357. The van der Waals surface area contributed by atoms with E-state index in [1.807, 2.05) is 17.0 Å². The van der Waals surface area contributed by atoms with Crippen LogP contribution in [0.25, 0.3) is 0 Å². The van der Waals surface area contributed by atoms with Gasteiger partial charge in [-0.15, -0.1) is 5.10 Å². The number of nitrogens with zero attached hydrogens (tertiary/aromatic N) is 5. The smallest absolute Gasteiger partial charge is 0.179 e. The second kappa shape index (κ2) is 5.88. The molecule has 1 aliphatic heterocycles. The minimum absolute atomic E-state index is 0.281. The van der Waals surface area contributed by atoms with E-state index < -0.39 is 9.84 Å². The Morgan fingerprint density at radius 2 is 1.68 bits per heavy atom. The van der Waals surface area contributed by atoms with Crippen molar-refractivity contribution in [2.75, 3.05) is 42.2 Å². The fourth-order valence-corrected chi connectivity index (χ4v) is 3.36. The van der Waals surface area contributed by atoms with E-state index in [1.54, 1.807) is 24.5 Å². The van der Waals surface area contributed by atoms with Crippen LogP contribution in [0.1, 0.15) is 0 Å². The van der Waals surface area contributed by atoms with E-state index in [9.17, 15) is 8.42 Å². The molecule has 116 valence electrons. The van der Waals surface area contributed by atoms with Gasteiger partial charge in [-0.1, -0.05) is 0 Å². The molecule has 2 aromatic heterocycles. The van der Waals surface area contributed by atoms with Crippen molar-refractivity contribution in [3.05, 3.63) is 36.7 Å². The van der Waals surface area contributed by atoms with E-state index in [4.69, 9.17) is 0 Å². The lowest BCUT2D eigenvalue weighted by Crippen LogP contribution is -2.47. The molecule has 0 N–H and O–H groups in total. The van der Waals surface area contributed by atoms with Crippen molar-refractivity contribution in [1.82, 2.24) is 15.2 Å². The van der Waals surface area contributed by atoms with Gasteiger partial charge in [0.1, 0.15) is 10.7 Å². The van der Waals surface area contributed by atoms with Crippen LogP contribution in [-0.2, 0) is 9.84 Å². The molecule has 0 unspecified atom stereocenters. The number of hydrogen-bond donors (Lipinski definition) is 0. The monoisotopic (exact) mass is 319 g/mol. The maximum Gasteiger partial charge on any atom is 0.179 e. The van der Waals surface area contributed by atoms with Crippen molar-refractivity contribution < 1.29 is 8.42 Å². The highest BCUT2D eigenvalue weighted by Gasteiger charge is 2.24. The number of hydrogen-bond acceptors (Lipinski definition) is 7. The first-order chi connectivity index (χ1) is 10.6. The molecule has 0 atom stereocenters. The molecule has 0 bridgehead atoms. The van der Waals surface area contributed by atoms with Gasteiger partial charge in [0, 0.05) is 44.8 Å². The van der Waals surface area contributed by atoms with E-state index >= 15 is 0 Å². The lowest BCUT2D eigenvalue weighted by Gasteiger charge is -2.36. The zero-order chi connectivity index (χ0) is 15.6. The summed E-state index contributed by atoms with van der Waals surface area (Å²) in [7, 11) is -3.29. The van der Waals surface area contributed by atoms with Crippen molar-refractivity contribution in [3.8, 4) is 0 Å². The van der Waals surface area contributed by atoms with Crippen LogP contribution in [0.4, 0.5) is 11.6 Å². The van der Waals surface area contributed by atoms with E-state index in [2.05, 4.69) is 20.1 Å². The Morgan fingerprint density at radius 3 is 2.32 bits per heavy atom. The molecule has 7 nitrogen and oxygen atoms in total. The van der Waals surface area contributed by atoms with Gasteiger partial charge in [-0.3, -0.25) is 0 Å². The second-order valence-corrected chi connectivity index (χ2v) is 7.14. The van der Waals surface area contributed by atoms with Crippen molar-refractivity contribution in [3.63, 3.8) is 0 Å². The van der Waals surface area contributed by atoms with Crippen LogP contribution in [0, 0.1) is 0 Å².